The first-order chi connectivity index (χ1) is 10.1. The number of aromatic hydroxyl groups is 2. The number of halogens is 1. The van der Waals surface area contributed by atoms with Gasteiger partial charge in [-0.05, 0) is 29.8 Å². The number of rotatable bonds is 3. The molecule has 2 aromatic carbocycles. The Morgan fingerprint density at radius 1 is 1.05 bits per heavy atom. The van der Waals surface area contributed by atoms with Gasteiger partial charge in [-0.3, -0.25) is 0 Å². The van der Waals surface area contributed by atoms with Gasteiger partial charge >= 0.3 is 0 Å². The average molecular weight is 286 g/mol. The van der Waals surface area contributed by atoms with E-state index in [2.05, 4.69) is 10.1 Å². The van der Waals surface area contributed by atoms with E-state index in [0.29, 0.717) is 17.8 Å². The zero-order valence-corrected chi connectivity index (χ0v) is 10.8. The first-order valence-corrected chi connectivity index (χ1v) is 6.20. The van der Waals surface area contributed by atoms with Crippen molar-refractivity contribution < 1.29 is 19.1 Å². The maximum Gasteiger partial charge on any atom is 0.258 e. The van der Waals surface area contributed by atoms with Gasteiger partial charge in [0.1, 0.15) is 17.3 Å². The Morgan fingerprint density at radius 3 is 2.52 bits per heavy atom. The molecule has 0 saturated heterocycles. The first kappa shape index (κ1) is 13.1. The van der Waals surface area contributed by atoms with Crippen molar-refractivity contribution in [3.05, 3.63) is 59.7 Å². The molecule has 0 fully saturated rings. The van der Waals surface area contributed by atoms with Crippen LogP contribution in [0.1, 0.15) is 11.4 Å². The second kappa shape index (κ2) is 5.24. The van der Waals surface area contributed by atoms with Gasteiger partial charge in [-0.25, -0.2) is 4.39 Å². The highest BCUT2D eigenvalue weighted by Gasteiger charge is 2.11. The highest BCUT2D eigenvalue weighted by atomic mass is 19.1. The van der Waals surface area contributed by atoms with E-state index in [1.807, 2.05) is 0 Å². The first-order valence-electron chi connectivity index (χ1n) is 6.20. The van der Waals surface area contributed by atoms with Crippen LogP contribution in [0.3, 0.4) is 0 Å². The average Bonchev–Trinajstić information content (AvgIpc) is 2.86. The summed E-state index contributed by atoms with van der Waals surface area (Å²) >= 11 is 0. The molecule has 0 atom stereocenters. The van der Waals surface area contributed by atoms with Gasteiger partial charge in [0.15, 0.2) is 5.82 Å². The fraction of sp³-hybridized carbons (Fsp3) is 0.0667. The molecule has 0 amide bonds. The van der Waals surface area contributed by atoms with Crippen LogP contribution in [0.2, 0.25) is 0 Å². The lowest BCUT2D eigenvalue weighted by molar-refractivity contribution is 0.421. The fourth-order valence-corrected chi connectivity index (χ4v) is 1.99. The van der Waals surface area contributed by atoms with Crippen molar-refractivity contribution in [2.75, 3.05) is 0 Å². The Hall–Kier alpha value is -2.89. The number of aromatic nitrogens is 2. The van der Waals surface area contributed by atoms with Crippen molar-refractivity contribution in [1.82, 2.24) is 10.1 Å². The Balaban J connectivity index is 1.86. The SMILES string of the molecule is Oc1cc(O)cc(-c2nc(Cc3cccc(F)c3)no2)c1. The minimum absolute atomic E-state index is 0.102. The molecule has 3 rings (SSSR count). The van der Waals surface area contributed by atoms with Crippen LogP contribution < -0.4 is 0 Å². The van der Waals surface area contributed by atoms with Crippen molar-refractivity contribution in [3.8, 4) is 23.0 Å². The van der Waals surface area contributed by atoms with Gasteiger partial charge in [-0.15, -0.1) is 0 Å². The molecular formula is C15H11FN2O3. The van der Waals surface area contributed by atoms with Gasteiger partial charge in [0.2, 0.25) is 0 Å². The number of hydrogen-bond acceptors (Lipinski definition) is 5. The standard InChI is InChI=1S/C15H11FN2O3/c16-11-3-1-2-9(4-11)5-14-17-15(21-18-14)10-6-12(19)8-13(20)7-10/h1-4,6-8,19-20H,5H2. The molecule has 1 heterocycles. The largest absolute Gasteiger partial charge is 0.508 e. The Morgan fingerprint density at radius 2 is 1.81 bits per heavy atom. The van der Waals surface area contributed by atoms with Gasteiger partial charge in [0.25, 0.3) is 5.89 Å². The van der Waals surface area contributed by atoms with Gasteiger partial charge in [0.05, 0.1) is 0 Å². The zero-order chi connectivity index (χ0) is 14.8. The molecular weight excluding hydrogens is 275 g/mol. The van der Waals surface area contributed by atoms with Crippen LogP contribution in [-0.4, -0.2) is 20.4 Å². The summed E-state index contributed by atoms with van der Waals surface area (Å²) in [6.45, 7) is 0. The van der Waals surface area contributed by atoms with Crippen LogP contribution in [-0.2, 0) is 6.42 Å². The van der Waals surface area contributed by atoms with Gasteiger partial charge in [0, 0.05) is 18.1 Å². The molecule has 0 bridgehead atoms. The van der Waals surface area contributed by atoms with Crippen molar-refractivity contribution in [2.24, 2.45) is 0 Å². The summed E-state index contributed by atoms with van der Waals surface area (Å²) < 4.78 is 18.2. The summed E-state index contributed by atoms with van der Waals surface area (Å²) in [6.07, 6.45) is 0.325. The van der Waals surface area contributed by atoms with Crippen LogP contribution in [0.15, 0.2) is 47.0 Å². The smallest absolute Gasteiger partial charge is 0.258 e. The van der Waals surface area contributed by atoms with Crippen molar-refractivity contribution in [1.29, 1.82) is 0 Å². The highest BCUT2D eigenvalue weighted by molar-refractivity contribution is 5.58. The summed E-state index contributed by atoms with van der Waals surface area (Å²) in [5.41, 5.74) is 1.13. The lowest BCUT2D eigenvalue weighted by Gasteiger charge is -1.98. The molecule has 1 aromatic heterocycles. The lowest BCUT2D eigenvalue weighted by atomic mass is 10.1. The fourth-order valence-electron chi connectivity index (χ4n) is 1.99. The monoisotopic (exact) mass is 286 g/mol. The molecule has 2 N–H and O–H groups in total. The molecule has 0 spiro atoms. The normalized spacial score (nSPS) is 10.7. The van der Waals surface area contributed by atoms with Gasteiger partial charge in [-0.1, -0.05) is 17.3 Å². The van der Waals surface area contributed by atoms with E-state index >= 15 is 0 Å². The summed E-state index contributed by atoms with van der Waals surface area (Å²) in [7, 11) is 0. The Bertz CT molecular complexity index is 766. The van der Waals surface area contributed by atoms with Gasteiger partial charge < -0.3 is 14.7 Å². The number of phenolic OH excluding ortho intramolecular Hbond substituents is 2. The van der Waals surface area contributed by atoms with Crippen LogP contribution >= 0.6 is 0 Å². The zero-order valence-electron chi connectivity index (χ0n) is 10.8. The predicted octanol–water partition coefficient (Wildman–Crippen LogP) is 2.88. The topological polar surface area (TPSA) is 79.4 Å². The van der Waals surface area contributed by atoms with Crippen molar-refractivity contribution in [3.63, 3.8) is 0 Å². The van der Waals surface area contributed by atoms with E-state index in [1.165, 1.54) is 30.3 Å². The molecule has 0 saturated carbocycles. The molecule has 0 unspecified atom stereocenters. The molecule has 0 aliphatic rings. The molecule has 0 aliphatic carbocycles. The van der Waals surface area contributed by atoms with Crippen LogP contribution in [0.4, 0.5) is 4.39 Å². The Kier molecular flexibility index (Phi) is 3.27. The number of hydrogen-bond donors (Lipinski definition) is 2. The summed E-state index contributed by atoms with van der Waals surface area (Å²) in [5, 5.41) is 22.7. The van der Waals surface area contributed by atoms with E-state index in [4.69, 9.17) is 4.52 Å². The predicted molar refractivity (Wildman–Crippen MR) is 72.3 cm³/mol. The van der Waals surface area contributed by atoms with Crippen LogP contribution in [0.5, 0.6) is 11.5 Å². The third kappa shape index (κ3) is 3.00. The maximum atomic E-state index is 13.1. The van der Waals surface area contributed by atoms with Crippen molar-refractivity contribution in [2.45, 2.75) is 6.42 Å². The van der Waals surface area contributed by atoms with E-state index in [9.17, 15) is 14.6 Å². The summed E-state index contributed by atoms with van der Waals surface area (Å²) in [6, 6.07) is 10.1. The van der Waals surface area contributed by atoms with Gasteiger partial charge in [-0.2, -0.15) is 4.98 Å². The number of phenols is 2. The van der Waals surface area contributed by atoms with E-state index in [-0.39, 0.29) is 23.2 Å². The molecule has 0 radical (unpaired) electrons. The quantitative estimate of drug-likeness (QED) is 0.774. The Labute approximate surface area is 119 Å². The summed E-state index contributed by atoms with van der Waals surface area (Å²) in [4.78, 5) is 4.17. The minimum Gasteiger partial charge on any atom is -0.508 e. The van der Waals surface area contributed by atoms with Crippen molar-refractivity contribution >= 4 is 0 Å². The lowest BCUT2D eigenvalue weighted by Crippen LogP contribution is -1.91. The second-order valence-electron chi connectivity index (χ2n) is 4.56. The maximum absolute atomic E-state index is 13.1. The van der Waals surface area contributed by atoms with E-state index in [0.717, 1.165) is 5.56 Å². The van der Waals surface area contributed by atoms with Crippen LogP contribution in [0, 0.1) is 5.82 Å². The summed E-state index contributed by atoms with van der Waals surface area (Å²) in [5.74, 6) is 0.0323. The molecule has 3 aromatic rings. The molecule has 21 heavy (non-hydrogen) atoms. The van der Waals surface area contributed by atoms with Crippen LogP contribution in [0.25, 0.3) is 11.5 Å². The minimum atomic E-state index is -0.325. The molecule has 6 heteroatoms. The molecule has 106 valence electrons. The number of benzene rings is 2. The van der Waals surface area contributed by atoms with E-state index in [1.54, 1.807) is 12.1 Å². The molecule has 5 nitrogen and oxygen atoms in total. The molecule has 0 aliphatic heterocycles. The second-order valence-corrected chi connectivity index (χ2v) is 4.56. The number of nitrogens with zero attached hydrogens (tertiary/aromatic N) is 2. The third-order valence-corrected chi connectivity index (χ3v) is 2.87. The third-order valence-electron chi connectivity index (χ3n) is 2.87. The van der Waals surface area contributed by atoms with E-state index < -0.39 is 0 Å². The highest BCUT2D eigenvalue weighted by Crippen LogP contribution is 2.27.